The predicted octanol–water partition coefficient (Wildman–Crippen LogP) is 9.78. The van der Waals surface area contributed by atoms with Gasteiger partial charge in [-0.25, -0.2) is 0 Å². The molecular weight excluding hydrogens is 731 g/mol. The van der Waals surface area contributed by atoms with E-state index in [0.29, 0.717) is 12.8 Å². The summed E-state index contributed by atoms with van der Waals surface area (Å²) >= 11 is 0. The zero-order valence-corrected chi connectivity index (χ0v) is 36.5. The standard InChI is InChI=1S/C49H85NO8/c1-3-5-7-9-11-13-15-17-18-19-20-21-22-23-24-25-26-27-29-31-33-35-37-39-45(53)50-42(41-57-49-48(56)47(55)46(54)44(40-51)58-49)43(52)38-36-34-32-30-28-16-14-12-10-8-6-4-2/h5,7,11,13,17-18,20-21,23-24,26-27,42-44,46-49,51-52,54-56H,3-4,6,8-10,12,14-16,19,22,25,28-41H2,1-2H3,(H,50,53)/b7-5-,13-11-,18-17-,21-20-,24-23-,27-26-. The number of aliphatic hydroxyl groups excluding tert-OH is 5. The van der Waals surface area contributed by atoms with Gasteiger partial charge in [0, 0.05) is 6.42 Å². The van der Waals surface area contributed by atoms with Crippen LogP contribution in [0.15, 0.2) is 72.9 Å². The molecule has 0 aromatic heterocycles. The Labute approximate surface area is 353 Å². The van der Waals surface area contributed by atoms with Crippen LogP contribution >= 0.6 is 0 Å². The van der Waals surface area contributed by atoms with Crippen LogP contribution in [0.25, 0.3) is 0 Å². The molecule has 1 saturated heterocycles. The molecule has 9 heteroatoms. The second-order valence-electron chi connectivity index (χ2n) is 15.8. The van der Waals surface area contributed by atoms with E-state index in [-0.39, 0.29) is 12.5 Å². The smallest absolute Gasteiger partial charge is 0.220 e. The number of unbranched alkanes of at least 4 members (excludes halogenated alkanes) is 15. The van der Waals surface area contributed by atoms with Gasteiger partial charge in [-0.1, -0.05) is 177 Å². The van der Waals surface area contributed by atoms with Crippen molar-refractivity contribution in [1.29, 1.82) is 0 Å². The van der Waals surface area contributed by atoms with Crippen molar-refractivity contribution in [2.75, 3.05) is 13.2 Å². The van der Waals surface area contributed by atoms with Gasteiger partial charge in [-0.15, -0.1) is 0 Å². The van der Waals surface area contributed by atoms with Crippen molar-refractivity contribution in [3.8, 4) is 0 Å². The van der Waals surface area contributed by atoms with Gasteiger partial charge >= 0.3 is 0 Å². The van der Waals surface area contributed by atoms with E-state index < -0.39 is 49.5 Å². The summed E-state index contributed by atoms with van der Waals surface area (Å²) in [5, 5.41) is 54.3. The molecule has 7 atom stereocenters. The minimum absolute atomic E-state index is 0.153. The van der Waals surface area contributed by atoms with Gasteiger partial charge in [-0.2, -0.15) is 0 Å². The van der Waals surface area contributed by atoms with Crippen LogP contribution in [0.3, 0.4) is 0 Å². The van der Waals surface area contributed by atoms with E-state index in [9.17, 15) is 30.3 Å². The highest BCUT2D eigenvalue weighted by atomic mass is 16.7. The molecule has 1 amide bonds. The van der Waals surface area contributed by atoms with Crippen molar-refractivity contribution in [3.63, 3.8) is 0 Å². The molecule has 1 rings (SSSR count). The fourth-order valence-corrected chi connectivity index (χ4v) is 6.87. The second kappa shape index (κ2) is 38.8. The Bertz CT molecular complexity index is 1130. The average Bonchev–Trinajstić information content (AvgIpc) is 3.22. The zero-order valence-electron chi connectivity index (χ0n) is 36.5. The number of carbonyl (C=O) groups is 1. The summed E-state index contributed by atoms with van der Waals surface area (Å²) in [6.07, 6.45) is 44.7. The highest BCUT2D eigenvalue weighted by Crippen LogP contribution is 2.23. The first-order valence-corrected chi connectivity index (χ1v) is 23.1. The van der Waals surface area contributed by atoms with Crippen molar-refractivity contribution in [2.24, 2.45) is 0 Å². The lowest BCUT2D eigenvalue weighted by atomic mass is 9.99. The maximum absolute atomic E-state index is 13.0. The number of allylic oxidation sites excluding steroid dienone is 12. The first-order chi connectivity index (χ1) is 28.3. The summed E-state index contributed by atoms with van der Waals surface area (Å²) in [6, 6.07) is -0.735. The highest BCUT2D eigenvalue weighted by Gasteiger charge is 2.44. The summed E-state index contributed by atoms with van der Waals surface area (Å²) < 4.78 is 11.2. The Morgan fingerprint density at radius 2 is 1.07 bits per heavy atom. The van der Waals surface area contributed by atoms with Crippen molar-refractivity contribution in [3.05, 3.63) is 72.9 Å². The van der Waals surface area contributed by atoms with Crippen LogP contribution in [0.5, 0.6) is 0 Å². The van der Waals surface area contributed by atoms with E-state index in [4.69, 9.17) is 9.47 Å². The first-order valence-electron chi connectivity index (χ1n) is 23.1. The molecular formula is C49H85NO8. The van der Waals surface area contributed by atoms with E-state index in [2.05, 4.69) is 92.1 Å². The monoisotopic (exact) mass is 816 g/mol. The van der Waals surface area contributed by atoms with Crippen LogP contribution in [0.4, 0.5) is 0 Å². The predicted molar refractivity (Wildman–Crippen MR) is 239 cm³/mol. The molecule has 7 unspecified atom stereocenters. The Morgan fingerprint density at radius 3 is 1.59 bits per heavy atom. The van der Waals surface area contributed by atoms with Crippen LogP contribution in [0, 0.1) is 0 Å². The Hall–Kier alpha value is -2.37. The highest BCUT2D eigenvalue weighted by molar-refractivity contribution is 5.76. The SMILES string of the molecule is CC/C=C\C/C=C\C/C=C\C/C=C\C/C=C\C/C=C\CCCCCCC(=O)NC(COC1OC(CO)C(O)C(O)C1O)C(O)CCCCCCCCCCCCCC. The number of hydrogen-bond donors (Lipinski definition) is 6. The van der Waals surface area contributed by atoms with Gasteiger partial charge in [0.25, 0.3) is 0 Å². The largest absolute Gasteiger partial charge is 0.394 e. The first kappa shape index (κ1) is 53.6. The number of rotatable bonds is 37. The molecule has 1 aliphatic rings. The quantitative estimate of drug-likeness (QED) is 0.0268. The number of carbonyl (C=O) groups excluding carboxylic acids is 1. The number of ether oxygens (including phenoxy) is 2. The molecule has 0 aromatic rings. The number of aliphatic hydroxyl groups is 5. The zero-order chi connectivity index (χ0) is 42.3. The van der Waals surface area contributed by atoms with Gasteiger partial charge in [0.05, 0.1) is 25.4 Å². The summed E-state index contributed by atoms with van der Waals surface area (Å²) in [5.74, 6) is -0.173. The number of hydrogen-bond acceptors (Lipinski definition) is 8. The van der Waals surface area contributed by atoms with Crippen molar-refractivity contribution < 1.29 is 39.8 Å². The number of nitrogens with one attached hydrogen (secondary N) is 1. The molecule has 1 aliphatic heterocycles. The molecule has 1 heterocycles. The summed E-state index contributed by atoms with van der Waals surface area (Å²) in [6.45, 7) is 3.68. The van der Waals surface area contributed by atoms with Crippen molar-refractivity contribution in [1.82, 2.24) is 5.32 Å². The van der Waals surface area contributed by atoms with Gasteiger partial charge in [-0.05, 0) is 64.2 Å². The molecule has 0 saturated carbocycles. The third-order valence-electron chi connectivity index (χ3n) is 10.6. The molecule has 9 nitrogen and oxygen atoms in total. The van der Waals surface area contributed by atoms with Crippen molar-refractivity contribution >= 4 is 5.91 Å². The van der Waals surface area contributed by atoms with Gasteiger partial charge in [0.1, 0.15) is 24.4 Å². The Kier molecular flexibility index (Phi) is 35.9. The van der Waals surface area contributed by atoms with Crippen LogP contribution < -0.4 is 5.32 Å². The summed E-state index contributed by atoms with van der Waals surface area (Å²) in [7, 11) is 0. The number of amides is 1. The molecule has 334 valence electrons. The maximum atomic E-state index is 13.0. The third-order valence-corrected chi connectivity index (χ3v) is 10.6. The van der Waals surface area contributed by atoms with Gasteiger partial charge in [-0.3, -0.25) is 4.79 Å². The molecule has 0 radical (unpaired) electrons. The molecule has 0 aromatic carbocycles. The van der Waals surface area contributed by atoms with Crippen LogP contribution in [-0.2, 0) is 14.3 Å². The van der Waals surface area contributed by atoms with Crippen molar-refractivity contribution in [2.45, 2.75) is 217 Å². The van der Waals surface area contributed by atoms with E-state index in [1.54, 1.807) is 0 Å². The fourth-order valence-electron chi connectivity index (χ4n) is 6.87. The minimum Gasteiger partial charge on any atom is -0.394 e. The minimum atomic E-state index is -1.56. The normalized spacial score (nSPS) is 21.5. The van der Waals surface area contributed by atoms with E-state index >= 15 is 0 Å². The topological polar surface area (TPSA) is 149 Å². The Morgan fingerprint density at radius 1 is 0.603 bits per heavy atom. The summed E-state index contributed by atoms with van der Waals surface area (Å²) in [5.41, 5.74) is 0. The van der Waals surface area contributed by atoms with Crippen LogP contribution in [0.1, 0.15) is 174 Å². The second-order valence-corrected chi connectivity index (χ2v) is 15.8. The molecule has 0 aliphatic carbocycles. The molecule has 6 N–H and O–H groups in total. The lowest BCUT2D eigenvalue weighted by molar-refractivity contribution is -0.302. The lowest BCUT2D eigenvalue weighted by Crippen LogP contribution is -2.60. The average molecular weight is 816 g/mol. The molecule has 1 fully saturated rings. The van der Waals surface area contributed by atoms with E-state index in [1.165, 1.54) is 57.8 Å². The van der Waals surface area contributed by atoms with E-state index in [0.717, 1.165) is 89.9 Å². The third kappa shape index (κ3) is 29.0. The molecule has 58 heavy (non-hydrogen) atoms. The van der Waals surface area contributed by atoms with E-state index in [1.807, 2.05) is 0 Å². The van der Waals surface area contributed by atoms with Gasteiger partial charge < -0.3 is 40.3 Å². The summed E-state index contributed by atoms with van der Waals surface area (Å²) in [4.78, 5) is 13.0. The molecule has 0 spiro atoms. The molecule has 0 bridgehead atoms. The maximum Gasteiger partial charge on any atom is 0.220 e. The van der Waals surface area contributed by atoms with Gasteiger partial charge in [0.15, 0.2) is 6.29 Å². The van der Waals surface area contributed by atoms with Crippen LogP contribution in [0.2, 0.25) is 0 Å². The Balaban J connectivity index is 2.33. The van der Waals surface area contributed by atoms with Gasteiger partial charge in [0.2, 0.25) is 5.91 Å². The fraction of sp³-hybridized carbons (Fsp3) is 0.735. The van der Waals surface area contributed by atoms with Crippen LogP contribution in [-0.4, -0.2) is 87.5 Å². The lowest BCUT2D eigenvalue weighted by Gasteiger charge is -2.40.